The van der Waals surface area contributed by atoms with Crippen LogP contribution in [0.1, 0.15) is 25.3 Å². The van der Waals surface area contributed by atoms with Gasteiger partial charge in [0.1, 0.15) is 0 Å². The minimum atomic E-state index is 0.363. The lowest BCUT2D eigenvalue weighted by atomic mass is 10.0. The maximum Gasteiger partial charge on any atom is 0.213 e. The molecule has 3 heteroatoms. The Labute approximate surface area is 78.9 Å². The van der Waals surface area contributed by atoms with Gasteiger partial charge in [0.2, 0.25) is 5.88 Å². The fraction of sp³-hybridized carbons (Fsp3) is 0.500. The number of hydrogen-bond acceptors (Lipinski definition) is 3. The molecule has 72 valence electrons. The van der Waals surface area contributed by atoms with E-state index in [4.69, 9.17) is 10.5 Å². The van der Waals surface area contributed by atoms with Crippen LogP contribution in [0.3, 0.4) is 0 Å². The topological polar surface area (TPSA) is 48.1 Å². The molecule has 13 heavy (non-hydrogen) atoms. The quantitative estimate of drug-likeness (QED) is 0.764. The van der Waals surface area contributed by atoms with Gasteiger partial charge in [-0.25, -0.2) is 4.98 Å². The third kappa shape index (κ3) is 2.70. The summed E-state index contributed by atoms with van der Waals surface area (Å²) in [6.45, 7) is 5.33. The van der Waals surface area contributed by atoms with E-state index < -0.39 is 0 Å². The molecule has 0 bridgehead atoms. The maximum absolute atomic E-state index is 5.57. The van der Waals surface area contributed by atoms with Gasteiger partial charge in [0.05, 0.1) is 6.61 Å². The first-order chi connectivity index (χ1) is 6.27. The third-order valence-electron chi connectivity index (χ3n) is 1.97. The van der Waals surface area contributed by atoms with E-state index in [9.17, 15) is 0 Å². The molecule has 0 saturated heterocycles. The van der Waals surface area contributed by atoms with Crippen LogP contribution in [0.4, 0.5) is 0 Å². The molecule has 0 aliphatic heterocycles. The molecule has 1 rings (SSSR count). The van der Waals surface area contributed by atoms with Gasteiger partial charge in [-0.2, -0.15) is 0 Å². The summed E-state index contributed by atoms with van der Waals surface area (Å²) in [7, 11) is 0. The second kappa shape index (κ2) is 4.82. The third-order valence-corrected chi connectivity index (χ3v) is 1.97. The highest BCUT2D eigenvalue weighted by Crippen LogP contribution is 2.17. The van der Waals surface area contributed by atoms with Crippen LogP contribution in [-0.2, 0) is 0 Å². The molecule has 3 nitrogen and oxygen atoms in total. The van der Waals surface area contributed by atoms with Crippen LogP contribution in [0.2, 0.25) is 0 Å². The molecule has 0 aromatic carbocycles. The summed E-state index contributed by atoms with van der Waals surface area (Å²) in [6, 6.07) is 3.92. The molecule has 0 radical (unpaired) electrons. The van der Waals surface area contributed by atoms with Crippen LogP contribution in [0.5, 0.6) is 5.88 Å². The van der Waals surface area contributed by atoms with Gasteiger partial charge < -0.3 is 10.5 Å². The summed E-state index contributed by atoms with van der Waals surface area (Å²) in [6.07, 6.45) is 1.76. The number of hydrogen-bond donors (Lipinski definition) is 1. The number of aromatic nitrogens is 1. The Hall–Kier alpha value is -1.09. The van der Waals surface area contributed by atoms with Crippen molar-refractivity contribution in [3.8, 4) is 5.88 Å². The van der Waals surface area contributed by atoms with E-state index in [0.717, 1.165) is 0 Å². The van der Waals surface area contributed by atoms with Gasteiger partial charge in [-0.3, -0.25) is 0 Å². The van der Waals surface area contributed by atoms with Crippen molar-refractivity contribution in [1.29, 1.82) is 0 Å². The van der Waals surface area contributed by atoms with Gasteiger partial charge in [0, 0.05) is 12.3 Å². The molecular formula is C10H16N2O. The molecular weight excluding hydrogens is 164 g/mol. The Morgan fingerprint density at radius 2 is 2.38 bits per heavy atom. The van der Waals surface area contributed by atoms with Crippen LogP contribution in [0, 0.1) is 0 Å². The van der Waals surface area contributed by atoms with Crippen molar-refractivity contribution in [1.82, 2.24) is 4.98 Å². The molecule has 0 aliphatic carbocycles. The average Bonchev–Trinajstić information content (AvgIpc) is 2.18. The minimum Gasteiger partial charge on any atom is -0.478 e. The number of pyridine rings is 1. The van der Waals surface area contributed by atoms with Crippen LogP contribution in [0.15, 0.2) is 18.3 Å². The molecule has 0 amide bonds. The van der Waals surface area contributed by atoms with Crippen molar-refractivity contribution < 1.29 is 4.74 Å². The van der Waals surface area contributed by atoms with Gasteiger partial charge in [0.25, 0.3) is 0 Å². The van der Waals surface area contributed by atoms with E-state index in [1.54, 1.807) is 6.20 Å². The molecule has 1 unspecified atom stereocenters. The summed E-state index contributed by atoms with van der Waals surface area (Å²) in [5.74, 6) is 1.04. The van der Waals surface area contributed by atoms with E-state index in [2.05, 4.69) is 11.9 Å². The van der Waals surface area contributed by atoms with E-state index >= 15 is 0 Å². The predicted octanol–water partition coefficient (Wildman–Crippen LogP) is 1.54. The van der Waals surface area contributed by atoms with Gasteiger partial charge in [-0.1, -0.05) is 6.92 Å². The average molecular weight is 180 g/mol. The first kappa shape index (κ1) is 9.99. The number of nitrogens with zero attached hydrogens (tertiary/aromatic N) is 1. The Bertz CT molecular complexity index is 263. The highest BCUT2D eigenvalue weighted by Gasteiger charge is 2.04. The first-order valence-electron chi connectivity index (χ1n) is 4.56. The van der Waals surface area contributed by atoms with Crippen molar-refractivity contribution in [2.75, 3.05) is 13.2 Å². The smallest absolute Gasteiger partial charge is 0.213 e. The fourth-order valence-corrected chi connectivity index (χ4v) is 1.09. The SMILES string of the molecule is CCOc1cc(C(C)CN)ccn1. The summed E-state index contributed by atoms with van der Waals surface area (Å²) in [4.78, 5) is 4.08. The van der Waals surface area contributed by atoms with E-state index in [0.29, 0.717) is 24.9 Å². The molecule has 0 saturated carbocycles. The number of ether oxygens (including phenoxy) is 1. The molecule has 1 aromatic heterocycles. The first-order valence-corrected chi connectivity index (χ1v) is 4.56. The lowest BCUT2D eigenvalue weighted by Crippen LogP contribution is -2.09. The van der Waals surface area contributed by atoms with Crippen LogP contribution in [-0.4, -0.2) is 18.1 Å². The summed E-state index contributed by atoms with van der Waals surface area (Å²) in [5.41, 5.74) is 6.75. The zero-order chi connectivity index (χ0) is 9.68. The van der Waals surface area contributed by atoms with Crippen molar-refractivity contribution in [2.24, 2.45) is 5.73 Å². The lowest BCUT2D eigenvalue weighted by molar-refractivity contribution is 0.326. The zero-order valence-corrected chi connectivity index (χ0v) is 8.16. The normalized spacial score (nSPS) is 12.5. The lowest BCUT2D eigenvalue weighted by Gasteiger charge is -2.09. The predicted molar refractivity (Wildman–Crippen MR) is 52.9 cm³/mol. The standard InChI is InChI=1S/C10H16N2O/c1-3-13-10-6-9(4-5-12-10)8(2)7-11/h4-6,8H,3,7,11H2,1-2H3. The van der Waals surface area contributed by atoms with Crippen molar-refractivity contribution in [2.45, 2.75) is 19.8 Å². The Balaban J connectivity index is 2.78. The minimum absolute atomic E-state index is 0.363. The molecule has 1 heterocycles. The monoisotopic (exact) mass is 180 g/mol. The van der Waals surface area contributed by atoms with Gasteiger partial charge in [0.15, 0.2) is 0 Å². The maximum atomic E-state index is 5.57. The van der Waals surface area contributed by atoms with Crippen molar-refractivity contribution in [3.05, 3.63) is 23.9 Å². The van der Waals surface area contributed by atoms with Gasteiger partial charge >= 0.3 is 0 Å². The fourth-order valence-electron chi connectivity index (χ4n) is 1.09. The Kier molecular flexibility index (Phi) is 3.71. The molecule has 1 atom stereocenters. The summed E-state index contributed by atoms with van der Waals surface area (Å²) >= 11 is 0. The van der Waals surface area contributed by atoms with Crippen LogP contribution in [0.25, 0.3) is 0 Å². The molecule has 0 fully saturated rings. The largest absolute Gasteiger partial charge is 0.478 e. The molecule has 0 spiro atoms. The highest BCUT2D eigenvalue weighted by molar-refractivity contribution is 5.23. The highest BCUT2D eigenvalue weighted by atomic mass is 16.5. The Morgan fingerprint density at radius 3 is 3.00 bits per heavy atom. The van der Waals surface area contributed by atoms with Crippen molar-refractivity contribution >= 4 is 0 Å². The van der Waals surface area contributed by atoms with Gasteiger partial charge in [-0.05, 0) is 31.0 Å². The van der Waals surface area contributed by atoms with Crippen LogP contribution >= 0.6 is 0 Å². The van der Waals surface area contributed by atoms with E-state index in [1.165, 1.54) is 5.56 Å². The van der Waals surface area contributed by atoms with E-state index in [1.807, 2.05) is 19.1 Å². The van der Waals surface area contributed by atoms with Gasteiger partial charge in [-0.15, -0.1) is 0 Å². The second-order valence-corrected chi connectivity index (χ2v) is 3.00. The molecule has 1 aromatic rings. The Morgan fingerprint density at radius 1 is 1.62 bits per heavy atom. The van der Waals surface area contributed by atoms with Crippen molar-refractivity contribution in [3.63, 3.8) is 0 Å². The zero-order valence-electron chi connectivity index (χ0n) is 8.16. The van der Waals surface area contributed by atoms with Crippen LogP contribution < -0.4 is 10.5 Å². The molecule has 2 N–H and O–H groups in total. The summed E-state index contributed by atoms with van der Waals surface area (Å²) in [5, 5.41) is 0. The number of nitrogens with two attached hydrogens (primary N) is 1. The second-order valence-electron chi connectivity index (χ2n) is 3.00. The summed E-state index contributed by atoms with van der Waals surface area (Å²) < 4.78 is 5.29. The van der Waals surface area contributed by atoms with E-state index in [-0.39, 0.29) is 0 Å². The molecule has 0 aliphatic rings. The number of rotatable bonds is 4.